The van der Waals surface area contributed by atoms with Crippen LogP contribution in [0, 0.1) is 0 Å². The molecule has 0 saturated heterocycles. The van der Waals surface area contributed by atoms with E-state index in [-0.39, 0.29) is 23.3 Å². The summed E-state index contributed by atoms with van der Waals surface area (Å²) in [5, 5.41) is 10.2. The van der Waals surface area contributed by atoms with Crippen molar-refractivity contribution in [2.45, 2.75) is 38.5 Å². The van der Waals surface area contributed by atoms with E-state index in [9.17, 15) is 27.5 Å². The van der Waals surface area contributed by atoms with Gasteiger partial charge in [-0.25, -0.2) is 22.6 Å². The molecule has 0 radical (unpaired) electrons. The molecule has 3 rings (SSSR count). The Labute approximate surface area is 170 Å². The molecule has 1 atom stereocenters. The molecule has 0 aliphatic carbocycles. The summed E-state index contributed by atoms with van der Waals surface area (Å²) in [5.41, 5.74) is -0.642. The molecule has 0 fully saturated rings. The number of hydrogen-bond donors (Lipinski definition) is 2. The van der Waals surface area contributed by atoms with Crippen LogP contribution in [0.4, 0.5) is 17.6 Å². The molecule has 5 nitrogen and oxygen atoms in total. The summed E-state index contributed by atoms with van der Waals surface area (Å²) in [6.45, 7) is 2.13. The number of aryl methyl sites for hydroxylation is 1. The fraction of sp³-hybridized carbons (Fsp3) is 0.286. The average molecular weight is 424 g/mol. The lowest BCUT2D eigenvalue weighted by atomic mass is 10.1. The average Bonchev–Trinajstić information content (AvgIpc) is 3.11. The maximum Gasteiger partial charge on any atom is 0.291 e. The first-order valence-corrected chi connectivity index (χ1v) is 9.18. The van der Waals surface area contributed by atoms with Crippen molar-refractivity contribution >= 4 is 5.91 Å². The number of ether oxygens (including phenoxy) is 1. The molecule has 1 aliphatic rings. The van der Waals surface area contributed by atoms with Gasteiger partial charge in [0.2, 0.25) is 5.72 Å². The van der Waals surface area contributed by atoms with Gasteiger partial charge < -0.3 is 9.84 Å². The Bertz CT molecular complexity index is 934. The molecule has 0 spiro atoms. The second-order valence-electron chi connectivity index (χ2n) is 6.72. The third-order valence-corrected chi connectivity index (χ3v) is 4.64. The lowest BCUT2D eigenvalue weighted by Crippen LogP contribution is -2.56. The van der Waals surface area contributed by atoms with E-state index in [0.717, 1.165) is 12.0 Å². The van der Waals surface area contributed by atoms with Crippen molar-refractivity contribution in [1.82, 2.24) is 10.4 Å². The first-order valence-electron chi connectivity index (χ1n) is 9.18. The Hall–Kier alpha value is -3.07. The van der Waals surface area contributed by atoms with E-state index in [1.54, 1.807) is 6.07 Å². The van der Waals surface area contributed by atoms with Crippen molar-refractivity contribution in [2.24, 2.45) is 0 Å². The summed E-state index contributed by atoms with van der Waals surface area (Å²) in [4.78, 5) is 12.7. The minimum atomic E-state index is -3.50. The van der Waals surface area contributed by atoms with Gasteiger partial charge in [0.1, 0.15) is 12.4 Å². The molecular weight excluding hydrogens is 404 g/mol. The van der Waals surface area contributed by atoms with E-state index < -0.39 is 30.2 Å². The second kappa shape index (κ2) is 8.74. The van der Waals surface area contributed by atoms with Crippen LogP contribution in [-0.2, 0) is 13.0 Å². The number of carbonyl (C=O) groups is 1. The standard InChI is InChI=1S/C21H20F4N2O3/c1-2-13-6-8-16(9-7-13)30-12-14-4-3-5-15(10-14)19(28)27-21(29,20(24)25)11-17(26-27)18(22)23/h3-11,18,20,26,29H,2,12H2,1H3. The Balaban J connectivity index is 1.75. The van der Waals surface area contributed by atoms with E-state index >= 15 is 0 Å². The summed E-state index contributed by atoms with van der Waals surface area (Å²) in [7, 11) is 0. The Morgan fingerprint density at radius 3 is 2.43 bits per heavy atom. The number of benzene rings is 2. The third-order valence-electron chi connectivity index (χ3n) is 4.64. The lowest BCUT2D eigenvalue weighted by molar-refractivity contribution is -0.146. The van der Waals surface area contributed by atoms with E-state index in [1.165, 1.54) is 18.2 Å². The van der Waals surface area contributed by atoms with Gasteiger partial charge >= 0.3 is 0 Å². The van der Waals surface area contributed by atoms with Crippen LogP contribution in [0.3, 0.4) is 0 Å². The number of hydrazine groups is 1. The molecule has 2 N–H and O–H groups in total. The summed E-state index contributed by atoms with van der Waals surface area (Å²) in [5.74, 6) is -0.471. The van der Waals surface area contributed by atoms with E-state index in [1.807, 2.05) is 36.6 Å². The number of nitrogens with zero attached hydrogens (tertiary/aromatic N) is 1. The first kappa shape index (κ1) is 21.6. The predicted molar refractivity (Wildman–Crippen MR) is 101 cm³/mol. The van der Waals surface area contributed by atoms with Crippen LogP contribution in [0.5, 0.6) is 5.75 Å². The maximum atomic E-state index is 13.3. The van der Waals surface area contributed by atoms with Crippen molar-refractivity contribution in [1.29, 1.82) is 0 Å². The van der Waals surface area contributed by atoms with Gasteiger partial charge in [-0.05, 0) is 41.8 Å². The highest BCUT2D eigenvalue weighted by Crippen LogP contribution is 2.31. The molecule has 2 aromatic rings. The van der Waals surface area contributed by atoms with Gasteiger partial charge in [0.25, 0.3) is 18.8 Å². The molecule has 30 heavy (non-hydrogen) atoms. The highest BCUT2D eigenvalue weighted by molar-refractivity contribution is 5.95. The number of rotatable bonds is 7. The Morgan fingerprint density at radius 2 is 1.83 bits per heavy atom. The zero-order valence-electron chi connectivity index (χ0n) is 16.0. The number of allylic oxidation sites excluding steroid dienone is 1. The zero-order valence-corrected chi connectivity index (χ0v) is 16.0. The van der Waals surface area contributed by atoms with Crippen LogP contribution < -0.4 is 10.2 Å². The van der Waals surface area contributed by atoms with Crippen molar-refractivity contribution in [2.75, 3.05) is 0 Å². The number of carbonyl (C=O) groups excluding carboxylic acids is 1. The quantitative estimate of drug-likeness (QED) is 0.662. The zero-order chi connectivity index (χ0) is 21.9. The Kier molecular flexibility index (Phi) is 6.31. The van der Waals surface area contributed by atoms with Gasteiger partial charge in [-0.2, -0.15) is 0 Å². The number of aliphatic hydroxyl groups is 1. The predicted octanol–water partition coefficient (Wildman–Crippen LogP) is 3.89. The minimum Gasteiger partial charge on any atom is -0.489 e. The molecule has 0 bridgehead atoms. The number of amides is 1. The van der Waals surface area contributed by atoms with Crippen molar-refractivity contribution < 1.29 is 32.2 Å². The molecule has 1 heterocycles. The largest absolute Gasteiger partial charge is 0.489 e. The fourth-order valence-electron chi connectivity index (χ4n) is 2.94. The highest BCUT2D eigenvalue weighted by Gasteiger charge is 2.51. The molecule has 0 aromatic heterocycles. The SMILES string of the molecule is CCc1ccc(OCc2cccc(C(=O)N3NC(C(F)F)=CC3(O)C(F)F)c2)cc1. The molecule has 1 unspecified atom stereocenters. The van der Waals surface area contributed by atoms with Crippen molar-refractivity contribution in [3.63, 3.8) is 0 Å². The molecule has 9 heteroatoms. The topological polar surface area (TPSA) is 61.8 Å². The number of nitrogens with one attached hydrogen (secondary N) is 1. The normalized spacial score (nSPS) is 18.5. The number of hydrogen-bond acceptors (Lipinski definition) is 4. The third kappa shape index (κ3) is 4.40. The van der Waals surface area contributed by atoms with Crippen LogP contribution in [0.1, 0.15) is 28.4 Å². The molecule has 2 aromatic carbocycles. The lowest BCUT2D eigenvalue weighted by Gasteiger charge is -2.31. The van der Waals surface area contributed by atoms with Crippen molar-refractivity contribution in [3.8, 4) is 5.75 Å². The molecule has 1 amide bonds. The fourth-order valence-corrected chi connectivity index (χ4v) is 2.94. The van der Waals surface area contributed by atoms with Gasteiger partial charge in [0.15, 0.2) is 0 Å². The monoisotopic (exact) mass is 424 g/mol. The van der Waals surface area contributed by atoms with Gasteiger partial charge in [-0.1, -0.05) is 31.2 Å². The van der Waals surface area contributed by atoms with E-state index in [0.29, 0.717) is 11.3 Å². The first-order chi connectivity index (χ1) is 14.2. The molecule has 1 aliphatic heterocycles. The van der Waals surface area contributed by atoms with Gasteiger partial charge in [-0.3, -0.25) is 10.2 Å². The van der Waals surface area contributed by atoms with Crippen LogP contribution >= 0.6 is 0 Å². The van der Waals surface area contributed by atoms with Crippen LogP contribution in [-0.4, -0.2) is 34.6 Å². The van der Waals surface area contributed by atoms with Crippen LogP contribution in [0.2, 0.25) is 0 Å². The minimum absolute atomic E-state index is 0.0760. The smallest absolute Gasteiger partial charge is 0.291 e. The second-order valence-corrected chi connectivity index (χ2v) is 6.72. The van der Waals surface area contributed by atoms with Crippen molar-refractivity contribution in [3.05, 3.63) is 77.0 Å². The van der Waals surface area contributed by atoms with Crippen LogP contribution in [0.15, 0.2) is 60.3 Å². The number of alkyl halides is 4. The summed E-state index contributed by atoms with van der Waals surface area (Å²) in [6, 6.07) is 13.3. The molecular formula is C21H20F4N2O3. The maximum absolute atomic E-state index is 13.3. The Morgan fingerprint density at radius 1 is 1.13 bits per heavy atom. The van der Waals surface area contributed by atoms with E-state index in [2.05, 4.69) is 0 Å². The summed E-state index contributed by atoms with van der Waals surface area (Å²) >= 11 is 0. The van der Waals surface area contributed by atoms with E-state index in [4.69, 9.17) is 4.74 Å². The molecule has 0 saturated carbocycles. The van der Waals surface area contributed by atoms with Gasteiger partial charge in [0.05, 0.1) is 5.70 Å². The molecule has 160 valence electrons. The van der Waals surface area contributed by atoms with Crippen LogP contribution in [0.25, 0.3) is 0 Å². The summed E-state index contributed by atoms with van der Waals surface area (Å²) in [6.07, 6.45) is -5.51. The van der Waals surface area contributed by atoms with Gasteiger partial charge in [0, 0.05) is 11.6 Å². The highest BCUT2D eigenvalue weighted by atomic mass is 19.3. The number of halogens is 4. The van der Waals surface area contributed by atoms with Gasteiger partial charge in [-0.15, -0.1) is 0 Å². The summed E-state index contributed by atoms with van der Waals surface area (Å²) < 4.78 is 58.2.